The summed E-state index contributed by atoms with van der Waals surface area (Å²) < 4.78 is 0. The number of hydrogen-bond donors (Lipinski definition) is 1. The van der Waals surface area contributed by atoms with Gasteiger partial charge in [0.1, 0.15) is 17.3 Å². The van der Waals surface area contributed by atoms with Gasteiger partial charge in [0.05, 0.1) is 4.92 Å². The summed E-state index contributed by atoms with van der Waals surface area (Å²) in [6, 6.07) is 6.40. The molecule has 0 radical (unpaired) electrons. The van der Waals surface area contributed by atoms with Crippen LogP contribution in [0.4, 0.5) is 11.4 Å². The van der Waals surface area contributed by atoms with Crippen LogP contribution in [-0.2, 0) is 0 Å². The Morgan fingerprint density at radius 1 is 1.69 bits per heavy atom. The highest BCUT2D eigenvalue weighted by molar-refractivity contribution is 5.68. The van der Waals surface area contributed by atoms with Crippen molar-refractivity contribution in [2.24, 2.45) is 0 Å². The van der Waals surface area contributed by atoms with Crippen molar-refractivity contribution in [3.05, 3.63) is 46.0 Å². The molecule has 0 unspecified atom stereocenters. The van der Waals surface area contributed by atoms with E-state index in [1.807, 2.05) is 6.92 Å². The molecule has 0 amide bonds. The third kappa shape index (κ3) is 2.58. The lowest BCUT2D eigenvalue weighted by molar-refractivity contribution is -0.384. The Balaban J connectivity index is 3.13. The largest absolute Gasteiger partial charge is 0.376 e. The van der Waals surface area contributed by atoms with Crippen LogP contribution in [0.5, 0.6) is 0 Å². The maximum Gasteiger partial charge on any atom is 0.309 e. The predicted octanol–water partition coefficient (Wildman–Crippen LogP) is 2.45. The predicted molar refractivity (Wildman–Crippen MR) is 61.1 cm³/mol. The number of nitro groups is 1. The molecule has 0 aliphatic heterocycles. The molecule has 0 fully saturated rings. The number of nitro benzene ring substituents is 1. The van der Waals surface area contributed by atoms with Crippen LogP contribution in [0.3, 0.4) is 0 Å². The molecule has 16 heavy (non-hydrogen) atoms. The van der Waals surface area contributed by atoms with Crippen molar-refractivity contribution in [2.75, 3.05) is 11.9 Å². The van der Waals surface area contributed by atoms with Crippen LogP contribution >= 0.6 is 0 Å². The highest BCUT2D eigenvalue weighted by atomic mass is 16.6. The highest BCUT2D eigenvalue weighted by Crippen LogP contribution is 2.27. The lowest BCUT2D eigenvalue weighted by atomic mass is 10.1. The number of para-hydroxylation sites is 1. The third-order valence-electron chi connectivity index (χ3n) is 1.92. The molecule has 0 aliphatic carbocycles. The van der Waals surface area contributed by atoms with E-state index in [2.05, 4.69) is 11.9 Å². The second-order valence-electron chi connectivity index (χ2n) is 3.38. The Hall–Kier alpha value is -2.35. The van der Waals surface area contributed by atoms with Crippen LogP contribution in [0.15, 0.2) is 30.4 Å². The first-order valence-electron chi connectivity index (χ1n) is 4.62. The molecule has 0 aromatic heterocycles. The summed E-state index contributed by atoms with van der Waals surface area (Å²) in [4.78, 5) is 10.3. The molecule has 0 saturated carbocycles. The first-order chi connectivity index (χ1) is 7.56. The van der Waals surface area contributed by atoms with Gasteiger partial charge in [-0.25, -0.2) is 0 Å². The second-order valence-corrected chi connectivity index (χ2v) is 3.38. The van der Waals surface area contributed by atoms with E-state index in [1.54, 1.807) is 18.2 Å². The summed E-state index contributed by atoms with van der Waals surface area (Å²) in [6.07, 6.45) is 0. The number of anilines is 1. The Morgan fingerprint density at radius 2 is 2.38 bits per heavy atom. The lowest BCUT2D eigenvalue weighted by Crippen LogP contribution is -2.05. The molecule has 0 aliphatic rings. The van der Waals surface area contributed by atoms with E-state index in [1.165, 1.54) is 6.07 Å². The molecular formula is C11H11N3O2. The maximum atomic E-state index is 10.8. The highest BCUT2D eigenvalue weighted by Gasteiger charge is 2.18. The molecule has 82 valence electrons. The fraction of sp³-hybridized carbons (Fsp3) is 0.182. The van der Waals surface area contributed by atoms with Crippen molar-refractivity contribution in [3.63, 3.8) is 0 Å². The van der Waals surface area contributed by atoms with Crippen LogP contribution in [-0.4, -0.2) is 11.5 Å². The number of nitriles is 1. The monoisotopic (exact) mass is 217 g/mol. The minimum atomic E-state index is -0.556. The molecule has 0 heterocycles. The van der Waals surface area contributed by atoms with Crippen molar-refractivity contribution < 1.29 is 4.92 Å². The quantitative estimate of drug-likeness (QED) is 0.477. The van der Waals surface area contributed by atoms with Crippen LogP contribution in [0.2, 0.25) is 0 Å². The number of nitrogens with zero attached hydrogens (tertiary/aromatic N) is 2. The summed E-state index contributed by atoms with van der Waals surface area (Å²) in [5.74, 6) is 0. The number of rotatable bonds is 4. The summed E-state index contributed by atoms with van der Waals surface area (Å²) >= 11 is 0. The fourth-order valence-corrected chi connectivity index (χ4v) is 1.22. The van der Waals surface area contributed by atoms with Gasteiger partial charge in [0.25, 0.3) is 0 Å². The van der Waals surface area contributed by atoms with Crippen molar-refractivity contribution >= 4 is 11.4 Å². The second kappa shape index (κ2) is 4.94. The van der Waals surface area contributed by atoms with Crippen molar-refractivity contribution in [3.8, 4) is 6.07 Å². The van der Waals surface area contributed by atoms with Crippen LogP contribution in [0.1, 0.15) is 12.5 Å². The molecule has 0 saturated heterocycles. The van der Waals surface area contributed by atoms with Gasteiger partial charge < -0.3 is 5.32 Å². The number of hydrogen-bond acceptors (Lipinski definition) is 4. The maximum absolute atomic E-state index is 10.8. The summed E-state index contributed by atoms with van der Waals surface area (Å²) in [7, 11) is 0. The van der Waals surface area contributed by atoms with Gasteiger partial charge in [0.2, 0.25) is 0 Å². The average Bonchev–Trinajstić information content (AvgIpc) is 2.25. The van der Waals surface area contributed by atoms with E-state index in [-0.39, 0.29) is 11.3 Å². The van der Waals surface area contributed by atoms with Crippen LogP contribution in [0, 0.1) is 21.4 Å². The first kappa shape index (κ1) is 11.7. The lowest BCUT2D eigenvalue weighted by Gasteiger charge is -2.07. The fourth-order valence-electron chi connectivity index (χ4n) is 1.22. The molecule has 0 atom stereocenters. The van der Waals surface area contributed by atoms with Gasteiger partial charge in [-0.2, -0.15) is 5.26 Å². The zero-order valence-corrected chi connectivity index (χ0v) is 8.86. The van der Waals surface area contributed by atoms with Crippen LogP contribution in [0.25, 0.3) is 0 Å². The molecule has 1 aromatic carbocycles. The smallest absolute Gasteiger partial charge is 0.309 e. The van der Waals surface area contributed by atoms with Gasteiger partial charge in [0.15, 0.2) is 0 Å². The number of nitrogens with one attached hydrogen (secondary N) is 1. The molecule has 1 N–H and O–H groups in total. The molecule has 1 aromatic rings. The topological polar surface area (TPSA) is 79.0 Å². The van der Waals surface area contributed by atoms with E-state index >= 15 is 0 Å². The standard InChI is InChI=1S/C11H11N3O2/c1-8(2)7-13-10-5-3-4-9(6-12)11(10)14(15)16/h3-5,13H,1,7H2,2H3. The molecule has 0 bridgehead atoms. The number of benzene rings is 1. The van der Waals surface area contributed by atoms with E-state index in [4.69, 9.17) is 5.26 Å². The SMILES string of the molecule is C=C(C)CNc1cccc(C#N)c1[N+](=O)[O-]. The minimum absolute atomic E-state index is 0.0525. The van der Waals surface area contributed by atoms with Crippen molar-refractivity contribution in [2.45, 2.75) is 6.92 Å². The van der Waals surface area contributed by atoms with Gasteiger partial charge in [-0.3, -0.25) is 10.1 Å². The van der Waals surface area contributed by atoms with Crippen molar-refractivity contribution in [1.29, 1.82) is 5.26 Å². The zero-order chi connectivity index (χ0) is 12.1. The van der Waals surface area contributed by atoms with Crippen LogP contribution < -0.4 is 5.32 Å². The van der Waals surface area contributed by atoms with Gasteiger partial charge in [-0.1, -0.05) is 18.2 Å². The third-order valence-corrected chi connectivity index (χ3v) is 1.92. The van der Waals surface area contributed by atoms with E-state index in [9.17, 15) is 10.1 Å². The van der Waals surface area contributed by atoms with Gasteiger partial charge in [-0.15, -0.1) is 0 Å². The Kier molecular flexibility index (Phi) is 3.62. The van der Waals surface area contributed by atoms with E-state index in [0.717, 1.165) is 5.57 Å². The molecule has 0 spiro atoms. The molecule has 1 rings (SSSR count). The van der Waals surface area contributed by atoms with Gasteiger partial charge in [-0.05, 0) is 19.1 Å². The summed E-state index contributed by atoms with van der Waals surface area (Å²) in [5, 5.41) is 22.5. The zero-order valence-electron chi connectivity index (χ0n) is 8.86. The molecule has 5 nitrogen and oxygen atoms in total. The average molecular weight is 217 g/mol. The van der Waals surface area contributed by atoms with E-state index < -0.39 is 4.92 Å². The Labute approximate surface area is 93.2 Å². The van der Waals surface area contributed by atoms with E-state index in [0.29, 0.717) is 12.2 Å². The summed E-state index contributed by atoms with van der Waals surface area (Å²) in [5.41, 5.74) is 1.06. The first-order valence-corrected chi connectivity index (χ1v) is 4.62. The van der Waals surface area contributed by atoms with Crippen molar-refractivity contribution in [1.82, 2.24) is 0 Å². The Bertz CT molecular complexity index is 475. The van der Waals surface area contributed by atoms with Gasteiger partial charge >= 0.3 is 5.69 Å². The normalized spacial score (nSPS) is 9.25. The molecule has 5 heteroatoms. The Morgan fingerprint density at radius 3 is 2.88 bits per heavy atom. The molecular weight excluding hydrogens is 206 g/mol. The summed E-state index contributed by atoms with van der Waals surface area (Å²) in [6.45, 7) is 5.94. The minimum Gasteiger partial charge on any atom is -0.376 e. The van der Waals surface area contributed by atoms with Gasteiger partial charge in [0, 0.05) is 6.54 Å².